The summed E-state index contributed by atoms with van der Waals surface area (Å²) in [5, 5.41) is 0.575. The first kappa shape index (κ1) is 26.2. The fourth-order valence-electron chi connectivity index (χ4n) is 6.21. The Labute approximate surface area is 218 Å². The fraction of sp³-hybridized carbons (Fsp3) is 0.769. The standard InChI is InChI=1S/C26H36Cl2O6S/c1-17(16-35(29,30)19-7-8-20(27)21(28)15-19)22(32-25-6-2-5-11-31-25)12-18-13-23-24(14-18)34-26(33-23)9-3-4-10-26/h7-8,15,17-18,22-25H,2-6,9-14,16H2,1H3/t17-,18?,22-,23-,24+,25?/m1/s1. The van der Waals surface area contributed by atoms with Crippen LogP contribution in [0.5, 0.6) is 0 Å². The molecule has 35 heavy (non-hydrogen) atoms. The Bertz CT molecular complexity index is 974. The first-order valence-corrected chi connectivity index (χ1v) is 15.4. The maximum absolute atomic E-state index is 13.2. The van der Waals surface area contributed by atoms with Gasteiger partial charge >= 0.3 is 0 Å². The van der Waals surface area contributed by atoms with E-state index in [0.717, 1.165) is 51.4 Å². The molecular formula is C26H36Cl2O6S. The molecule has 1 aromatic carbocycles. The SMILES string of the molecule is C[C@H](CS(=O)(=O)c1ccc(Cl)c(Cl)c1)[C@@H](CC1C[C@@H]2OC3(CCCC3)O[C@@H]2C1)OC1CCCCO1. The highest BCUT2D eigenvalue weighted by Crippen LogP contribution is 2.49. The summed E-state index contributed by atoms with van der Waals surface area (Å²) in [6, 6.07) is 4.47. The molecule has 0 N–H and O–H groups in total. The van der Waals surface area contributed by atoms with Crippen molar-refractivity contribution in [3.05, 3.63) is 28.2 Å². The van der Waals surface area contributed by atoms with Crippen molar-refractivity contribution in [2.75, 3.05) is 12.4 Å². The number of sulfone groups is 1. The molecule has 2 saturated heterocycles. The second-order valence-electron chi connectivity index (χ2n) is 10.8. The molecule has 0 bridgehead atoms. The smallest absolute Gasteiger partial charge is 0.178 e. The van der Waals surface area contributed by atoms with E-state index >= 15 is 0 Å². The number of halogens is 2. The summed E-state index contributed by atoms with van der Waals surface area (Å²) < 4.78 is 51.5. The largest absolute Gasteiger partial charge is 0.353 e. The first-order valence-electron chi connectivity index (χ1n) is 13.0. The molecule has 0 aromatic heterocycles. The Balaban J connectivity index is 1.25. The van der Waals surface area contributed by atoms with Gasteiger partial charge < -0.3 is 18.9 Å². The summed E-state index contributed by atoms with van der Waals surface area (Å²) >= 11 is 12.1. The van der Waals surface area contributed by atoms with Crippen LogP contribution in [0.2, 0.25) is 10.0 Å². The van der Waals surface area contributed by atoms with Gasteiger partial charge in [-0.15, -0.1) is 0 Å². The van der Waals surface area contributed by atoms with E-state index in [2.05, 4.69) is 0 Å². The van der Waals surface area contributed by atoms with E-state index in [1.54, 1.807) is 0 Å². The molecular weight excluding hydrogens is 511 g/mol. The first-order chi connectivity index (χ1) is 16.7. The monoisotopic (exact) mass is 546 g/mol. The number of rotatable bonds is 8. The van der Waals surface area contributed by atoms with Crippen LogP contribution in [0, 0.1) is 11.8 Å². The van der Waals surface area contributed by atoms with Crippen molar-refractivity contribution in [3.63, 3.8) is 0 Å². The molecule has 5 rings (SSSR count). The highest BCUT2D eigenvalue weighted by molar-refractivity contribution is 7.91. The average molecular weight is 548 g/mol. The van der Waals surface area contributed by atoms with Crippen molar-refractivity contribution in [1.29, 1.82) is 0 Å². The van der Waals surface area contributed by atoms with Gasteiger partial charge in [-0.1, -0.05) is 30.1 Å². The van der Waals surface area contributed by atoms with Crippen LogP contribution in [-0.4, -0.2) is 51.2 Å². The second-order valence-corrected chi connectivity index (χ2v) is 13.7. The van der Waals surface area contributed by atoms with Crippen LogP contribution < -0.4 is 0 Å². The molecule has 2 unspecified atom stereocenters. The van der Waals surface area contributed by atoms with Crippen LogP contribution in [-0.2, 0) is 28.8 Å². The van der Waals surface area contributed by atoms with Gasteiger partial charge in [-0.25, -0.2) is 8.42 Å². The maximum atomic E-state index is 13.2. The second kappa shape index (κ2) is 10.8. The summed E-state index contributed by atoms with van der Waals surface area (Å²) in [5.41, 5.74) is 0. The molecule has 6 nitrogen and oxygen atoms in total. The predicted octanol–water partition coefficient (Wildman–Crippen LogP) is 6.17. The van der Waals surface area contributed by atoms with Crippen LogP contribution in [0.15, 0.2) is 23.1 Å². The third-order valence-corrected chi connectivity index (χ3v) is 10.7. The van der Waals surface area contributed by atoms with Gasteiger partial charge in [0, 0.05) is 19.4 Å². The van der Waals surface area contributed by atoms with Crippen LogP contribution >= 0.6 is 23.2 Å². The van der Waals surface area contributed by atoms with Crippen molar-refractivity contribution in [1.82, 2.24) is 0 Å². The van der Waals surface area contributed by atoms with Crippen molar-refractivity contribution in [2.45, 2.75) is 106 Å². The number of ether oxygens (including phenoxy) is 4. The minimum atomic E-state index is -3.56. The van der Waals surface area contributed by atoms with E-state index in [1.807, 2.05) is 6.92 Å². The van der Waals surface area contributed by atoms with E-state index in [1.165, 1.54) is 31.0 Å². The Morgan fingerprint density at radius 2 is 1.77 bits per heavy atom. The molecule has 2 aliphatic carbocycles. The Hall–Kier alpha value is -0.410. The van der Waals surface area contributed by atoms with Crippen LogP contribution in [0.1, 0.15) is 71.1 Å². The van der Waals surface area contributed by atoms with E-state index in [-0.39, 0.29) is 52.0 Å². The lowest BCUT2D eigenvalue weighted by molar-refractivity contribution is -0.201. The van der Waals surface area contributed by atoms with E-state index in [4.69, 9.17) is 42.1 Å². The molecule has 4 aliphatic rings. The summed E-state index contributed by atoms with van der Waals surface area (Å²) in [6.45, 7) is 2.64. The molecule has 1 spiro atoms. The van der Waals surface area contributed by atoms with Crippen molar-refractivity contribution >= 4 is 33.0 Å². The van der Waals surface area contributed by atoms with Gasteiger partial charge in [0.1, 0.15) is 0 Å². The van der Waals surface area contributed by atoms with Gasteiger partial charge in [0.25, 0.3) is 0 Å². The fourth-order valence-corrected chi connectivity index (χ4v) is 8.25. The van der Waals surface area contributed by atoms with E-state index in [9.17, 15) is 8.42 Å². The highest BCUT2D eigenvalue weighted by atomic mass is 35.5. The zero-order valence-electron chi connectivity index (χ0n) is 20.3. The van der Waals surface area contributed by atoms with Crippen molar-refractivity contribution < 1.29 is 27.4 Å². The Morgan fingerprint density at radius 1 is 1.06 bits per heavy atom. The molecule has 2 heterocycles. The molecule has 0 radical (unpaired) electrons. The summed E-state index contributed by atoms with van der Waals surface area (Å²) in [4.78, 5) is 0.186. The lowest BCUT2D eigenvalue weighted by Crippen LogP contribution is -2.36. The van der Waals surface area contributed by atoms with Crippen LogP contribution in [0.25, 0.3) is 0 Å². The predicted molar refractivity (Wildman–Crippen MR) is 134 cm³/mol. The summed E-state index contributed by atoms with van der Waals surface area (Å²) in [7, 11) is -3.56. The third-order valence-electron chi connectivity index (χ3n) is 8.04. The van der Waals surface area contributed by atoms with Gasteiger partial charge in [0.05, 0.1) is 39.0 Å². The van der Waals surface area contributed by atoms with Gasteiger partial charge in [-0.2, -0.15) is 0 Å². The van der Waals surface area contributed by atoms with E-state index < -0.39 is 9.84 Å². The van der Waals surface area contributed by atoms with E-state index in [0.29, 0.717) is 17.5 Å². The topological polar surface area (TPSA) is 71.1 Å². The molecule has 1 aromatic rings. The zero-order chi connectivity index (χ0) is 24.6. The molecule has 2 aliphatic heterocycles. The van der Waals surface area contributed by atoms with Gasteiger partial charge in [-0.3, -0.25) is 0 Å². The molecule has 6 atom stereocenters. The van der Waals surface area contributed by atoms with Gasteiger partial charge in [0.2, 0.25) is 0 Å². The zero-order valence-corrected chi connectivity index (χ0v) is 22.6. The Kier molecular flexibility index (Phi) is 8.05. The van der Waals surface area contributed by atoms with Crippen LogP contribution in [0.4, 0.5) is 0 Å². The van der Waals surface area contributed by atoms with Crippen molar-refractivity contribution in [2.24, 2.45) is 11.8 Å². The summed E-state index contributed by atoms with van der Waals surface area (Å²) in [6.07, 6.45) is 9.68. The number of fused-ring (bicyclic) bond motifs is 1. The molecule has 196 valence electrons. The van der Waals surface area contributed by atoms with Gasteiger partial charge in [-0.05, 0) is 81.4 Å². The quantitative estimate of drug-likeness (QED) is 0.388. The minimum Gasteiger partial charge on any atom is -0.353 e. The lowest BCUT2D eigenvalue weighted by atomic mass is 9.93. The average Bonchev–Trinajstić information content (AvgIpc) is 3.51. The Morgan fingerprint density at radius 3 is 2.40 bits per heavy atom. The number of benzene rings is 1. The van der Waals surface area contributed by atoms with Gasteiger partial charge in [0.15, 0.2) is 21.9 Å². The maximum Gasteiger partial charge on any atom is 0.178 e. The normalized spacial score (nSPS) is 32.1. The van der Waals surface area contributed by atoms with Crippen molar-refractivity contribution in [3.8, 4) is 0 Å². The molecule has 9 heteroatoms. The minimum absolute atomic E-state index is 0.0297. The third kappa shape index (κ3) is 6.02. The van der Waals surface area contributed by atoms with Crippen LogP contribution in [0.3, 0.4) is 0 Å². The summed E-state index contributed by atoms with van der Waals surface area (Å²) in [5.74, 6) is -0.221. The highest BCUT2D eigenvalue weighted by Gasteiger charge is 2.53. The molecule has 4 fully saturated rings. The molecule has 0 amide bonds. The lowest BCUT2D eigenvalue weighted by Gasteiger charge is -2.33. The molecule has 2 saturated carbocycles. The number of hydrogen-bond acceptors (Lipinski definition) is 6. The number of hydrogen-bond donors (Lipinski definition) is 0.